The number of hydrogen-bond acceptors (Lipinski definition) is 3. The number of likely N-dealkylation sites (tertiary alicyclic amines) is 1. The number of aryl methyl sites for hydroxylation is 2. The van der Waals surface area contributed by atoms with Crippen LogP contribution in [0.15, 0.2) is 12.4 Å². The summed E-state index contributed by atoms with van der Waals surface area (Å²) in [5, 5.41) is 3.01. The van der Waals surface area contributed by atoms with Crippen LogP contribution >= 0.6 is 0 Å². The van der Waals surface area contributed by atoms with Crippen molar-refractivity contribution in [2.24, 2.45) is 0 Å². The van der Waals surface area contributed by atoms with Gasteiger partial charge >= 0.3 is 6.03 Å². The maximum absolute atomic E-state index is 12.2. The Kier molecular flexibility index (Phi) is 6.71. The third-order valence-electron chi connectivity index (χ3n) is 4.00. The number of rotatable bonds is 7. The van der Waals surface area contributed by atoms with E-state index in [1.165, 1.54) is 0 Å². The first-order valence-corrected chi connectivity index (χ1v) is 8.32. The molecule has 1 aromatic rings. The normalized spacial score (nSPS) is 18.5. The van der Waals surface area contributed by atoms with Gasteiger partial charge in [0.1, 0.15) is 5.82 Å². The largest absolute Gasteiger partial charge is 0.376 e. The average Bonchev–Trinajstić information content (AvgIpc) is 2.95. The number of amides is 2. The topological polar surface area (TPSA) is 59.4 Å². The van der Waals surface area contributed by atoms with Gasteiger partial charge in [0.05, 0.1) is 6.10 Å². The third kappa shape index (κ3) is 5.02. The number of nitrogens with zero attached hydrogens (tertiary/aromatic N) is 3. The van der Waals surface area contributed by atoms with E-state index in [9.17, 15) is 4.79 Å². The zero-order chi connectivity index (χ0) is 15.8. The molecular weight excluding hydrogens is 280 g/mol. The Labute approximate surface area is 132 Å². The van der Waals surface area contributed by atoms with Crippen LogP contribution in [0.5, 0.6) is 0 Å². The van der Waals surface area contributed by atoms with Crippen LogP contribution in [0.4, 0.5) is 4.79 Å². The molecule has 1 aliphatic rings. The van der Waals surface area contributed by atoms with Crippen molar-refractivity contribution in [1.82, 2.24) is 19.8 Å². The zero-order valence-electron chi connectivity index (χ0n) is 13.8. The van der Waals surface area contributed by atoms with Crippen LogP contribution < -0.4 is 5.32 Å². The molecule has 2 amide bonds. The Morgan fingerprint density at radius 3 is 3.14 bits per heavy atom. The van der Waals surface area contributed by atoms with E-state index in [-0.39, 0.29) is 12.1 Å². The monoisotopic (exact) mass is 308 g/mol. The van der Waals surface area contributed by atoms with Gasteiger partial charge in [-0.25, -0.2) is 9.78 Å². The minimum absolute atomic E-state index is 0.0344. The van der Waals surface area contributed by atoms with Crippen LogP contribution in [0, 0.1) is 6.92 Å². The SMILES string of the molecule is CCCOC1CCCN(C(=O)NCCCn2ccnc2C)C1. The molecular formula is C16H28N4O2. The first kappa shape index (κ1) is 16.8. The Morgan fingerprint density at radius 2 is 2.41 bits per heavy atom. The molecule has 1 unspecified atom stereocenters. The van der Waals surface area contributed by atoms with Crippen molar-refractivity contribution in [3.05, 3.63) is 18.2 Å². The number of urea groups is 1. The molecule has 2 heterocycles. The highest BCUT2D eigenvalue weighted by molar-refractivity contribution is 5.74. The summed E-state index contributed by atoms with van der Waals surface area (Å²) >= 11 is 0. The molecule has 1 N–H and O–H groups in total. The van der Waals surface area contributed by atoms with Gasteiger partial charge in [-0.05, 0) is 32.6 Å². The van der Waals surface area contributed by atoms with Crippen molar-refractivity contribution in [2.75, 3.05) is 26.2 Å². The number of nitrogens with one attached hydrogen (secondary N) is 1. The third-order valence-corrected chi connectivity index (χ3v) is 4.00. The van der Waals surface area contributed by atoms with E-state index in [4.69, 9.17) is 4.74 Å². The summed E-state index contributed by atoms with van der Waals surface area (Å²) in [7, 11) is 0. The Hall–Kier alpha value is -1.56. The standard InChI is InChI=1S/C16H28N4O2/c1-3-12-22-15-6-4-9-20(13-15)16(21)18-7-5-10-19-11-8-17-14(19)2/h8,11,15H,3-7,9-10,12-13H2,1-2H3,(H,18,21). The van der Waals surface area contributed by atoms with Gasteiger partial charge in [-0.15, -0.1) is 0 Å². The van der Waals surface area contributed by atoms with E-state index in [0.29, 0.717) is 13.1 Å². The summed E-state index contributed by atoms with van der Waals surface area (Å²) in [6.07, 6.45) is 7.99. The van der Waals surface area contributed by atoms with Crippen LogP contribution in [-0.2, 0) is 11.3 Å². The minimum atomic E-state index is 0.0344. The highest BCUT2D eigenvalue weighted by atomic mass is 16.5. The lowest BCUT2D eigenvalue weighted by Gasteiger charge is -2.32. The van der Waals surface area contributed by atoms with Gasteiger partial charge in [0.15, 0.2) is 0 Å². The molecule has 124 valence electrons. The fourth-order valence-corrected chi connectivity index (χ4v) is 2.74. The van der Waals surface area contributed by atoms with Crippen LogP contribution in [0.1, 0.15) is 38.4 Å². The van der Waals surface area contributed by atoms with Crippen molar-refractivity contribution >= 4 is 6.03 Å². The Bertz CT molecular complexity index is 461. The van der Waals surface area contributed by atoms with Gasteiger partial charge in [-0.2, -0.15) is 0 Å². The minimum Gasteiger partial charge on any atom is -0.376 e. The van der Waals surface area contributed by atoms with Crippen molar-refractivity contribution in [2.45, 2.75) is 52.2 Å². The molecule has 22 heavy (non-hydrogen) atoms. The second-order valence-electron chi connectivity index (χ2n) is 5.83. The lowest BCUT2D eigenvalue weighted by atomic mass is 10.1. The zero-order valence-corrected chi connectivity index (χ0v) is 13.8. The smallest absolute Gasteiger partial charge is 0.317 e. The van der Waals surface area contributed by atoms with Crippen LogP contribution in [0.2, 0.25) is 0 Å². The highest BCUT2D eigenvalue weighted by Crippen LogP contribution is 2.13. The Morgan fingerprint density at radius 1 is 1.55 bits per heavy atom. The molecule has 2 rings (SSSR count). The van der Waals surface area contributed by atoms with Crippen molar-refractivity contribution in [3.63, 3.8) is 0 Å². The summed E-state index contributed by atoms with van der Waals surface area (Å²) in [6, 6.07) is 0.0344. The van der Waals surface area contributed by atoms with Crippen molar-refractivity contribution in [3.8, 4) is 0 Å². The number of ether oxygens (including phenoxy) is 1. The second kappa shape index (κ2) is 8.78. The quantitative estimate of drug-likeness (QED) is 0.786. The van der Waals surface area contributed by atoms with E-state index in [0.717, 1.165) is 51.2 Å². The van der Waals surface area contributed by atoms with E-state index >= 15 is 0 Å². The predicted molar refractivity (Wildman–Crippen MR) is 85.8 cm³/mol. The van der Waals surface area contributed by atoms with E-state index in [1.54, 1.807) is 6.20 Å². The van der Waals surface area contributed by atoms with Crippen molar-refractivity contribution < 1.29 is 9.53 Å². The van der Waals surface area contributed by atoms with Gasteiger partial charge in [0, 0.05) is 45.2 Å². The average molecular weight is 308 g/mol. The molecule has 0 radical (unpaired) electrons. The number of hydrogen-bond donors (Lipinski definition) is 1. The molecule has 1 atom stereocenters. The molecule has 1 aromatic heterocycles. The maximum atomic E-state index is 12.2. The summed E-state index contributed by atoms with van der Waals surface area (Å²) < 4.78 is 7.87. The number of piperidine rings is 1. The molecule has 0 bridgehead atoms. The van der Waals surface area contributed by atoms with Gasteiger partial charge in [-0.1, -0.05) is 6.92 Å². The molecule has 1 fully saturated rings. The van der Waals surface area contributed by atoms with E-state index < -0.39 is 0 Å². The number of carbonyl (C=O) groups excluding carboxylic acids is 1. The van der Waals surface area contributed by atoms with Crippen LogP contribution in [-0.4, -0.2) is 52.8 Å². The van der Waals surface area contributed by atoms with Gasteiger partial charge < -0.3 is 19.5 Å². The fourth-order valence-electron chi connectivity index (χ4n) is 2.74. The lowest BCUT2D eigenvalue weighted by Crippen LogP contribution is -2.48. The molecule has 6 nitrogen and oxygen atoms in total. The van der Waals surface area contributed by atoms with E-state index in [2.05, 4.69) is 21.8 Å². The fraction of sp³-hybridized carbons (Fsp3) is 0.750. The Balaban J connectivity index is 1.65. The molecule has 0 aliphatic carbocycles. The summed E-state index contributed by atoms with van der Waals surface area (Å²) in [5.41, 5.74) is 0. The maximum Gasteiger partial charge on any atom is 0.317 e. The van der Waals surface area contributed by atoms with Gasteiger partial charge in [0.25, 0.3) is 0 Å². The van der Waals surface area contributed by atoms with Gasteiger partial charge in [0.2, 0.25) is 0 Å². The molecule has 1 aliphatic heterocycles. The lowest BCUT2D eigenvalue weighted by molar-refractivity contribution is 0.0101. The summed E-state index contributed by atoms with van der Waals surface area (Å²) in [4.78, 5) is 18.3. The van der Waals surface area contributed by atoms with Gasteiger partial charge in [-0.3, -0.25) is 0 Å². The molecule has 0 spiro atoms. The molecule has 1 saturated heterocycles. The van der Waals surface area contributed by atoms with Crippen LogP contribution in [0.25, 0.3) is 0 Å². The number of aromatic nitrogens is 2. The second-order valence-corrected chi connectivity index (χ2v) is 5.83. The predicted octanol–water partition coefficient (Wildman–Crippen LogP) is 2.18. The molecule has 6 heteroatoms. The first-order valence-electron chi connectivity index (χ1n) is 8.32. The highest BCUT2D eigenvalue weighted by Gasteiger charge is 2.23. The summed E-state index contributed by atoms with van der Waals surface area (Å²) in [6.45, 7) is 8.00. The van der Waals surface area contributed by atoms with E-state index in [1.807, 2.05) is 18.0 Å². The van der Waals surface area contributed by atoms with Crippen LogP contribution in [0.3, 0.4) is 0 Å². The number of imidazole rings is 1. The molecule has 0 saturated carbocycles. The summed E-state index contributed by atoms with van der Waals surface area (Å²) in [5.74, 6) is 1.01. The molecule has 0 aromatic carbocycles. The van der Waals surface area contributed by atoms with Crippen molar-refractivity contribution in [1.29, 1.82) is 0 Å². The number of carbonyl (C=O) groups is 1. The first-order chi connectivity index (χ1) is 10.7.